The van der Waals surface area contributed by atoms with Crippen molar-refractivity contribution in [2.24, 2.45) is 0 Å². The molecule has 0 saturated heterocycles. The van der Waals surface area contributed by atoms with Crippen LogP contribution in [-0.4, -0.2) is 22.4 Å². The van der Waals surface area contributed by atoms with Gasteiger partial charge >= 0.3 is 5.97 Å². The van der Waals surface area contributed by atoms with Gasteiger partial charge in [-0.1, -0.05) is 80.9 Å². The van der Waals surface area contributed by atoms with E-state index in [2.05, 4.69) is 17.9 Å². The van der Waals surface area contributed by atoms with E-state index >= 15 is 0 Å². The van der Waals surface area contributed by atoms with Crippen LogP contribution < -0.4 is 0 Å². The molecule has 0 aliphatic heterocycles. The summed E-state index contributed by atoms with van der Waals surface area (Å²) in [4.78, 5) is 14.7. The van der Waals surface area contributed by atoms with Crippen molar-refractivity contribution in [3.8, 4) is 0 Å². The van der Waals surface area contributed by atoms with Crippen LogP contribution in [0.5, 0.6) is 0 Å². The molecule has 1 atom stereocenters. The Bertz CT molecular complexity index is 445. The molecule has 1 unspecified atom stereocenters. The fraction of sp³-hybridized carbons (Fsp3) is 0.450. The van der Waals surface area contributed by atoms with Crippen molar-refractivity contribution in [1.29, 1.82) is 0 Å². The Morgan fingerprint density at radius 2 is 1.50 bits per heavy atom. The van der Waals surface area contributed by atoms with Crippen molar-refractivity contribution in [2.75, 3.05) is 0 Å². The zero-order valence-electron chi connectivity index (χ0n) is 14.5. The molecular formula is C20H30O4. The Morgan fingerprint density at radius 3 is 2.08 bits per heavy atom. The highest BCUT2D eigenvalue weighted by Crippen LogP contribution is 2.12. The van der Waals surface area contributed by atoms with Crippen molar-refractivity contribution in [3.05, 3.63) is 60.8 Å². The molecule has 0 spiro atoms. The molecule has 4 nitrogen and oxygen atoms in total. The molecule has 0 aliphatic rings. The maximum absolute atomic E-state index is 10.2. The molecule has 0 aliphatic carbocycles. The fourth-order valence-corrected chi connectivity index (χ4v) is 2.03. The summed E-state index contributed by atoms with van der Waals surface area (Å²) in [6.07, 6.45) is 24.8. The summed E-state index contributed by atoms with van der Waals surface area (Å²) in [6, 6.07) is 0. The lowest BCUT2D eigenvalue weighted by molar-refractivity contribution is -0.281. The Labute approximate surface area is 145 Å². The maximum Gasteiger partial charge on any atom is 0.328 e. The first kappa shape index (κ1) is 22.1. The molecule has 0 aromatic carbocycles. The average Bonchev–Trinajstić information content (AvgIpc) is 2.57. The number of rotatable bonds is 14. The minimum atomic E-state index is -0.952. The molecule has 0 amide bonds. The SMILES string of the molecule is CCCCCC(CCC\C=C/C=C\C=C\C=C/C=C/C(=O)O)OO. The van der Waals surface area contributed by atoms with E-state index in [0.717, 1.165) is 38.2 Å². The Kier molecular flexibility index (Phi) is 16.1. The summed E-state index contributed by atoms with van der Waals surface area (Å²) >= 11 is 0. The maximum atomic E-state index is 10.2. The van der Waals surface area contributed by atoms with Crippen molar-refractivity contribution in [3.63, 3.8) is 0 Å². The molecule has 0 saturated carbocycles. The van der Waals surface area contributed by atoms with Gasteiger partial charge in [0.2, 0.25) is 0 Å². The van der Waals surface area contributed by atoms with Crippen LogP contribution in [0.1, 0.15) is 51.9 Å². The van der Waals surface area contributed by atoms with E-state index in [9.17, 15) is 4.79 Å². The van der Waals surface area contributed by atoms with Crippen LogP contribution in [0.25, 0.3) is 0 Å². The molecule has 0 rings (SSSR count). The van der Waals surface area contributed by atoms with Crippen LogP contribution in [0.2, 0.25) is 0 Å². The number of carboxylic acids is 1. The zero-order valence-corrected chi connectivity index (χ0v) is 14.5. The largest absolute Gasteiger partial charge is 0.478 e. The van der Waals surface area contributed by atoms with Gasteiger partial charge in [0, 0.05) is 6.08 Å². The summed E-state index contributed by atoms with van der Waals surface area (Å²) in [6.45, 7) is 2.16. The van der Waals surface area contributed by atoms with E-state index in [1.807, 2.05) is 30.4 Å². The van der Waals surface area contributed by atoms with Crippen LogP contribution in [0, 0.1) is 0 Å². The molecule has 2 N–H and O–H groups in total. The first-order chi connectivity index (χ1) is 11.7. The average molecular weight is 334 g/mol. The van der Waals surface area contributed by atoms with Crippen molar-refractivity contribution in [2.45, 2.75) is 58.0 Å². The summed E-state index contributed by atoms with van der Waals surface area (Å²) < 4.78 is 0. The molecule has 4 heteroatoms. The lowest BCUT2D eigenvalue weighted by atomic mass is 10.1. The zero-order chi connectivity index (χ0) is 17.9. The van der Waals surface area contributed by atoms with Crippen molar-refractivity contribution < 1.29 is 20.0 Å². The minimum Gasteiger partial charge on any atom is -0.478 e. The second kappa shape index (κ2) is 17.4. The predicted octanol–water partition coefficient (Wildman–Crippen LogP) is 5.46. The van der Waals surface area contributed by atoms with Gasteiger partial charge < -0.3 is 5.11 Å². The van der Waals surface area contributed by atoms with Crippen LogP contribution in [0.4, 0.5) is 0 Å². The summed E-state index contributed by atoms with van der Waals surface area (Å²) in [7, 11) is 0. The standard InChI is InChI=1S/C20H30O4/c1-2-3-13-16-19(24-23)17-14-11-9-7-5-4-6-8-10-12-15-18-20(21)22/h4-10,12,15,18-19,23H,2-3,11,13-14,16-17H2,1H3,(H,21,22)/b5-4-,8-6+,9-7-,12-10-,18-15+. The number of unbranched alkanes of at least 4 members (excludes halogenated alkanes) is 3. The first-order valence-corrected chi connectivity index (χ1v) is 8.57. The number of allylic oxidation sites excluding steroid dienone is 9. The topological polar surface area (TPSA) is 66.8 Å². The van der Waals surface area contributed by atoms with E-state index in [0.29, 0.717) is 0 Å². The number of aliphatic carboxylic acids is 1. The van der Waals surface area contributed by atoms with Crippen LogP contribution >= 0.6 is 0 Å². The van der Waals surface area contributed by atoms with Gasteiger partial charge in [0.05, 0.1) is 6.10 Å². The van der Waals surface area contributed by atoms with Crippen molar-refractivity contribution in [1.82, 2.24) is 0 Å². The van der Waals surface area contributed by atoms with Gasteiger partial charge in [-0.15, -0.1) is 0 Å². The second-order valence-corrected chi connectivity index (χ2v) is 5.43. The van der Waals surface area contributed by atoms with E-state index in [1.165, 1.54) is 18.9 Å². The highest BCUT2D eigenvalue weighted by Gasteiger charge is 2.07. The second-order valence-electron chi connectivity index (χ2n) is 5.43. The van der Waals surface area contributed by atoms with Gasteiger partial charge in [-0.3, -0.25) is 5.26 Å². The molecule has 24 heavy (non-hydrogen) atoms. The molecule has 0 radical (unpaired) electrons. The lowest BCUT2D eigenvalue weighted by Gasteiger charge is -2.11. The molecule has 0 aromatic rings. The molecule has 134 valence electrons. The molecule has 0 fully saturated rings. The number of carboxylic acid groups (broad SMARTS) is 1. The number of hydrogen-bond acceptors (Lipinski definition) is 3. The van der Waals surface area contributed by atoms with Crippen molar-refractivity contribution >= 4 is 5.97 Å². The van der Waals surface area contributed by atoms with Crippen LogP contribution in [0.3, 0.4) is 0 Å². The van der Waals surface area contributed by atoms with Gasteiger partial charge in [-0.2, -0.15) is 0 Å². The number of carbonyl (C=O) groups is 1. The van der Waals surface area contributed by atoms with E-state index in [-0.39, 0.29) is 6.10 Å². The smallest absolute Gasteiger partial charge is 0.328 e. The van der Waals surface area contributed by atoms with Gasteiger partial charge in [0.1, 0.15) is 0 Å². The Morgan fingerprint density at radius 1 is 0.917 bits per heavy atom. The van der Waals surface area contributed by atoms with Gasteiger partial charge in [0.15, 0.2) is 0 Å². The van der Waals surface area contributed by atoms with Gasteiger partial charge in [-0.05, 0) is 25.7 Å². The Hall–Kier alpha value is -1.91. The van der Waals surface area contributed by atoms with E-state index < -0.39 is 5.97 Å². The van der Waals surface area contributed by atoms with Crippen LogP contribution in [-0.2, 0) is 9.68 Å². The van der Waals surface area contributed by atoms with Gasteiger partial charge in [-0.25, -0.2) is 9.68 Å². The van der Waals surface area contributed by atoms with Gasteiger partial charge in [0.25, 0.3) is 0 Å². The quantitative estimate of drug-likeness (QED) is 0.145. The molecule has 0 bridgehead atoms. The van der Waals surface area contributed by atoms with E-state index in [4.69, 9.17) is 10.4 Å². The number of hydrogen-bond donors (Lipinski definition) is 2. The fourth-order valence-electron chi connectivity index (χ4n) is 2.03. The highest BCUT2D eigenvalue weighted by atomic mass is 17.1. The molecule has 0 heterocycles. The molecule has 0 aromatic heterocycles. The predicted molar refractivity (Wildman–Crippen MR) is 98.8 cm³/mol. The monoisotopic (exact) mass is 334 g/mol. The summed E-state index contributed by atoms with van der Waals surface area (Å²) in [5.41, 5.74) is 0. The lowest BCUT2D eigenvalue weighted by Crippen LogP contribution is -2.10. The third kappa shape index (κ3) is 16.5. The summed E-state index contributed by atoms with van der Waals surface area (Å²) in [5.74, 6) is -0.952. The molecular weight excluding hydrogens is 304 g/mol. The minimum absolute atomic E-state index is 0.0367. The Balaban J connectivity index is 3.74. The van der Waals surface area contributed by atoms with E-state index in [1.54, 1.807) is 12.2 Å². The normalized spacial score (nSPS) is 14.1. The first-order valence-electron chi connectivity index (χ1n) is 8.57. The summed E-state index contributed by atoms with van der Waals surface area (Å²) in [5, 5.41) is 17.2. The van der Waals surface area contributed by atoms with Crippen LogP contribution in [0.15, 0.2) is 60.8 Å². The third-order valence-electron chi connectivity index (χ3n) is 3.33. The third-order valence-corrected chi connectivity index (χ3v) is 3.33. The highest BCUT2D eigenvalue weighted by molar-refractivity contribution is 5.80.